The average Bonchev–Trinajstić information content (AvgIpc) is 3.15. The minimum atomic E-state index is -1.88. The summed E-state index contributed by atoms with van der Waals surface area (Å²) in [6, 6.07) is 3.21. The third-order valence-electron chi connectivity index (χ3n) is 6.67. The van der Waals surface area contributed by atoms with Gasteiger partial charge < -0.3 is 37.9 Å². The fourth-order valence-corrected chi connectivity index (χ4v) is 5.06. The molecule has 2 aliphatic rings. The fourth-order valence-electron chi connectivity index (χ4n) is 5.06. The van der Waals surface area contributed by atoms with E-state index >= 15 is 0 Å². The Kier molecular flexibility index (Phi) is 9.13. The van der Waals surface area contributed by atoms with Gasteiger partial charge in [0, 0.05) is 0 Å². The molecule has 44 heavy (non-hydrogen) atoms. The van der Waals surface area contributed by atoms with Crippen molar-refractivity contribution in [2.45, 2.75) is 116 Å². The van der Waals surface area contributed by atoms with E-state index in [-0.39, 0.29) is 11.9 Å². The van der Waals surface area contributed by atoms with Crippen molar-refractivity contribution in [3.8, 4) is 0 Å². The number of hydrogen-bond donors (Lipinski definition) is 1. The highest BCUT2D eigenvalue weighted by Crippen LogP contribution is 2.68. The van der Waals surface area contributed by atoms with Crippen LogP contribution in [0.1, 0.15) is 74.1 Å². The summed E-state index contributed by atoms with van der Waals surface area (Å²) in [5, 5.41) is 6.86. The molecule has 0 spiro atoms. The number of fused-ring (bicyclic) bond motifs is 2. The van der Waals surface area contributed by atoms with E-state index in [1.807, 2.05) is 0 Å². The van der Waals surface area contributed by atoms with Gasteiger partial charge in [-0.3, -0.25) is 5.32 Å². The quantitative estimate of drug-likeness (QED) is 0.300. The first-order valence-electron chi connectivity index (χ1n) is 14.2. The molecule has 5 atom stereocenters. The monoisotopic (exact) mass is 622 g/mol. The molecule has 16 nitrogen and oxygen atoms in total. The molecule has 1 amide bonds. The summed E-state index contributed by atoms with van der Waals surface area (Å²) in [6.45, 7) is 14.7. The summed E-state index contributed by atoms with van der Waals surface area (Å²) < 4.78 is 45.7. The molecule has 0 bridgehead atoms. The van der Waals surface area contributed by atoms with Gasteiger partial charge in [0.15, 0.2) is 23.6 Å². The lowest BCUT2D eigenvalue weighted by Crippen LogP contribution is -2.44. The molecule has 3 heterocycles. The number of hydrogen-bond acceptors (Lipinski definition) is 14. The summed E-state index contributed by atoms with van der Waals surface area (Å²) in [4.78, 5) is 54.8. The normalized spacial score (nSPS) is 25.5. The maximum absolute atomic E-state index is 12.9. The van der Waals surface area contributed by atoms with Gasteiger partial charge in [-0.2, -0.15) is 5.10 Å². The molecule has 2 aromatic rings. The molecule has 2 fully saturated rings. The number of amides is 1. The number of nitrogens with zero attached hydrogens (tertiary/aromatic N) is 3. The van der Waals surface area contributed by atoms with Crippen molar-refractivity contribution >= 4 is 35.9 Å². The Bertz CT molecular complexity index is 1410. The topological polar surface area (TPSA) is 184 Å². The highest BCUT2D eigenvalue weighted by Gasteiger charge is 2.92. The average molecular weight is 623 g/mol. The Morgan fingerprint density at radius 3 is 2.00 bits per heavy atom. The van der Waals surface area contributed by atoms with E-state index in [4.69, 9.17) is 37.9 Å². The minimum Gasteiger partial charge on any atom is -0.447 e. The van der Waals surface area contributed by atoms with Crippen LogP contribution in [-0.4, -0.2) is 87.0 Å². The predicted molar refractivity (Wildman–Crippen MR) is 149 cm³/mol. The summed E-state index contributed by atoms with van der Waals surface area (Å²) in [7, 11) is 0. The molecule has 242 valence electrons. The summed E-state index contributed by atoms with van der Waals surface area (Å²) in [6.07, 6.45) is -8.62. The maximum atomic E-state index is 12.9. The lowest BCUT2D eigenvalue weighted by Gasteiger charge is -2.28. The summed E-state index contributed by atoms with van der Waals surface area (Å²) in [5.74, 6) is 0.132. The smallest absolute Gasteiger partial charge is 0.447 e. The van der Waals surface area contributed by atoms with Crippen LogP contribution in [0.15, 0.2) is 18.5 Å². The van der Waals surface area contributed by atoms with Gasteiger partial charge in [-0.15, -0.1) is 0 Å². The predicted octanol–water partition coefficient (Wildman–Crippen LogP) is 4.69. The Balaban J connectivity index is 1.77. The van der Waals surface area contributed by atoms with Crippen molar-refractivity contribution in [3.63, 3.8) is 0 Å². The van der Waals surface area contributed by atoms with Crippen LogP contribution in [0.4, 0.5) is 25.0 Å². The van der Waals surface area contributed by atoms with E-state index in [1.165, 1.54) is 17.8 Å². The van der Waals surface area contributed by atoms with Crippen LogP contribution < -0.4 is 5.32 Å². The largest absolute Gasteiger partial charge is 0.509 e. The van der Waals surface area contributed by atoms with E-state index in [9.17, 15) is 19.2 Å². The first kappa shape index (κ1) is 32.6. The van der Waals surface area contributed by atoms with Crippen molar-refractivity contribution in [2.75, 3.05) is 5.32 Å². The molecule has 0 aromatic carbocycles. The minimum absolute atomic E-state index is 0.132. The number of carbonyl (C=O) groups is 4. The second kappa shape index (κ2) is 12.3. The first-order chi connectivity index (χ1) is 20.6. The molecule has 0 radical (unpaired) electrons. The van der Waals surface area contributed by atoms with Gasteiger partial charge in [0.25, 0.3) is 0 Å². The van der Waals surface area contributed by atoms with Crippen LogP contribution in [-0.2, 0) is 37.9 Å². The third-order valence-corrected chi connectivity index (χ3v) is 6.67. The number of carbonyl (C=O) groups excluding carboxylic acids is 4. The standard InChI is InChI=1S/C28H38N4O12/c1-13(2)37-23(33)31-21-18-11-10-17(32(18)30-12-29-21)19-20(41-24(34)38-14(3)4)28(44-26(36)40-16(7)8)22(27(28,9)43-19)42-25(35)39-15(5)6/h10-16,19-20,22H,1-9H3,(H,29,30,31,33)/t19-,20-,22?,27+,28+/m0/s1. The molecule has 1 saturated carbocycles. The summed E-state index contributed by atoms with van der Waals surface area (Å²) >= 11 is 0. The SMILES string of the molecule is CC(C)OC(=O)Nc1ncnn2c([C@@H]3O[C@]4(C)C(OC(=O)OC(C)C)[C@]4(OC(=O)OC(C)C)[C@H]3OC(=O)OC(C)C)ccc12. The van der Waals surface area contributed by atoms with Crippen molar-refractivity contribution in [1.82, 2.24) is 14.6 Å². The van der Waals surface area contributed by atoms with Gasteiger partial charge in [0.1, 0.15) is 17.9 Å². The summed E-state index contributed by atoms with van der Waals surface area (Å²) in [5.41, 5.74) is -2.74. The number of aromatic nitrogens is 3. The van der Waals surface area contributed by atoms with Gasteiger partial charge in [-0.25, -0.2) is 28.7 Å². The highest BCUT2D eigenvalue weighted by atomic mass is 16.8. The van der Waals surface area contributed by atoms with Gasteiger partial charge in [-0.05, 0) is 74.4 Å². The van der Waals surface area contributed by atoms with Crippen molar-refractivity contribution in [3.05, 3.63) is 24.2 Å². The Morgan fingerprint density at radius 1 is 0.841 bits per heavy atom. The number of anilines is 1. The van der Waals surface area contributed by atoms with Gasteiger partial charge in [0.05, 0.1) is 30.1 Å². The Morgan fingerprint density at radius 2 is 1.41 bits per heavy atom. The molecule has 2 aromatic heterocycles. The molecule has 1 saturated heterocycles. The van der Waals surface area contributed by atoms with Gasteiger partial charge >= 0.3 is 24.6 Å². The lowest BCUT2D eigenvalue weighted by atomic mass is 10.0. The van der Waals surface area contributed by atoms with Crippen LogP contribution in [0.25, 0.3) is 5.52 Å². The second-order valence-electron chi connectivity index (χ2n) is 11.6. The van der Waals surface area contributed by atoms with Gasteiger partial charge in [-0.1, -0.05) is 0 Å². The lowest BCUT2D eigenvalue weighted by molar-refractivity contribution is -0.117. The number of ether oxygens (including phenoxy) is 8. The van der Waals surface area contributed by atoms with Crippen molar-refractivity contribution in [2.24, 2.45) is 0 Å². The molecule has 16 heteroatoms. The van der Waals surface area contributed by atoms with E-state index in [0.29, 0.717) is 11.2 Å². The molecular formula is C28H38N4O12. The van der Waals surface area contributed by atoms with E-state index in [1.54, 1.807) is 67.5 Å². The Hall–Kier alpha value is -4.34. The van der Waals surface area contributed by atoms with Crippen LogP contribution in [0.2, 0.25) is 0 Å². The molecular weight excluding hydrogens is 584 g/mol. The number of nitrogens with one attached hydrogen (secondary N) is 1. The molecule has 1 aliphatic heterocycles. The Labute approximate surface area is 253 Å². The fraction of sp³-hybridized carbons (Fsp3) is 0.643. The van der Waals surface area contributed by atoms with Crippen LogP contribution in [0.5, 0.6) is 0 Å². The zero-order valence-electron chi connectivity index (χ0n) is 26.0. The van der Waals surface area contributed by atoms with E-state index < -0.39 is 72.4 Å². The van der Waals surface area contributed by atoms with Crippen molar-refractivity contribution in [1.29, 1.82) is 0 Å². The molecule has 4 rings (SSSR count). The molecule has 1 N–H and O–H groups in total. The number of rotatable bonds is 9. The van der Waals surface area contributed by atoms with Crippen molar-refractivity contribution < 1.29 is 57.1 Å². The van der Waals surface area contributed by atoms with Crippen LogP contribution >= 0.6 is 0 Å². The second-order valence-corrected chi connectivity index (χ2v) is 11.6. The van der Waals surface area contributed by atoms with E-state index in [0.717, 1.165) is 0 Å². The maximum Gasteiger partial charge on any atom is 0.509 e. The van der Waals surface area contributed by atoms with E-state index in [2.05, 4.69) is 15.4 Å². The zero-order chi connectivity index (χ0) is 32.6. The van der Waals surface area contributed by atoms with Gasteiger partial charge in [0.2, 0.25) is 5.60 Å². The van der Waals surface area contributed by atoms with Crippen LogP contribution in [0.3, 0.4) is 0 Å². The van der Waals surface area contributed by atoms with Crippen LogP contribution in [0, 0.1) is 0 Å². The molecule has 1 aliphatic carbocycles. The third kappa shape index (κ3) is 6.30. The highest BCUT2D eigenvalue weighted by molar-refractivity contribution is 5.88. The zero-order valence-corrected chi connectivity index (χ0v) is 26.0. The first-order valence-corrected chi connectivity index (χ1v) is 14.2. The molecule has 1 unspecified atom stereocenters.